The van der Waals surface area contributed by atoms with Crippen molar-refractivity contribution >= 4 is 17.3 Å². The van der Waals surface area contributed by atoms with Gasteiger partial charge in [0.1, 0.15) is 17.5 Å². The van der Waals surface area contributed by atoms with Crippen LogP contribution in [0.2, 0.25) is 5.02 Å². The van der Waals surface area contributed by atoms with E-state index in [4.69, 9.17) is 16.0 Å². The first-order chi connectivity index (χ1) is 10.0. The largest absolute Gasteiger partial charge is 0.444 e. The summed E-state index contributed by atoms with van der Waals surface area (Å²) in [6, 6.07) is -0.249. The van der Waals surface area contributed by atoms with E-state index in [0.717, 1.165) is 18.6 Å². The minimum atomic E-state index is -0.249. The summed E-state index contributed by atoms with van der Waals surface area (Å²) in [5, 5.41) is 7.48. The summed E-state index contributed by atoms with van der Waals surface area (Å²) in [4.78, 5) is 16.6. The second kappa shape index (κ2) is 5.52. The fourth-order valence-electron chi connectivity index (χ4n) is 2.12. The van der Waals surface area contributed by atoms with Crippen LogP contribution in [0.3, 0.4) is 0 Å². The van der Waals surface area contributed by atoms with Crippen LogP contribution < -0.4 is 10.9 Å². The quantitative estimate of drug-likeness (QED) is 0.919. The van der Waals surface area contributed by atoms with Crippen LogP contribution in [0.15, 0.2) is 21.6 Å². The normalized spacial score (nSPS) is 16.0. The zero-order valence-corrected chi connectivity index (χ0v) is 12.7. The van der Waals surface area contributed by atoms with Crippen LogP contribution in [-0.4, -0.2) is 14.8 Å². The number of oxazole rings is 1. The average Bonchev–Trinajstić information content (AvgIpc) is 3.17. The summed E-state index contributed by atoms with van der Waals surface area (Å²) in [6.45, 7) is 4.34. The van der Waals surface area contributed by atoms with Crippen molar-refractivity contribution in [1.82, 2.24) is 14.8 Å². The maximum Gasteiger partial charge on any atom is 0.291 e. The van der Waals surface area contributed by atoms with Crippen LogP contribution in [0, 0.1) is 12.8 Å². The minimum absolute atomic E-state index is 0.204. The lowest BCUT2D eigenvalue weighted by atomic mass is 10.3. The van der Waals surface area contributed by atoms with Crippen LogP contribution in [-0.2, 0) is 6.54 Å². The van der Waals surface area contributed by atoms with Gasteiger partial charge in [0.05, 0.1) is 17.4 Å². The van der Waals surface area contributed by atoms with Gasteiger partial charge in [0.25, 0.3) is 5.56 Å². The molecule has 1 atom stereocenters. The maximum atomic E-state index is 12.4. The summed E-state index contributed by atoms with van der Waals surface area (Å²) >= 11 is 6.10. The van der Waals surface area contributed by atoms with Crippen molar-refractivity contribution in [3.05, 3.63) is 39.4 Å². The molecule has 21 heavy (non-hydrogen) atoms. The molecule has 3 rings (SSSR count). The second-order valence-corrected chi connectivity index (χ2v) is 5.88. The van der Waals surface area contributed by atoms with Crippen molar-refractivity contribution in [3.8, 4) is 0 Å². The van der Waals surface area contributed by atoms with Gasteiger partial charge in [-0.05, 0) is 32.6 Å². The number of aryl methyl sites for hydroxylation is 1. The molecule has 0 bridgehead atoms. The van der Waals surface area contributed by atoms with Crippen LogP contribution in [0.25, 0.3) is 0 Å². The minimum Gasteiger partial charge on any atom is -0.444 e. The Balaban J connectivity index is 1.85. The number of nitrogens with one attached hydrogen (secondary N) is 1. The summed E-state index contributed by atoms with van der Waals surface area (Å²) in [6.07, 6.45) is 5.46. The van der Waals surface area contributed by atoms with E-state index < -0.39 is 0 Å². The van der Waals surface area contributed by atoms with Gasteiger partial charge >= 0.3 is 0 Å². The molecule has 1 fully saturated rings. The summed E-state index contributed by atoms with van der Waals surface area (Å²) in [5.41, 5.74) is 0.139. The smallest absolute Gasteiger partial charge is 0.291 e. The first-order valence-electron chi connectivity index (χ1n) is 6.99. The molecule has 112 valence electrons. The van der Waals surface area contributed by atoms with Gasteiger partial charge in [0, 0.05) is 6.54 Å². The molecule has 0 saturated heterocycles. The van der Waals surface area contributed by atoms with Gasteiger partial charge in [0.15, 0.2) is 0 Å². The Morgan fingerprint density at radius 2 is 2.29 bits per heavy atom. The third-order valence-electron chi connectivity index (χ3n) is 3.50. The Kier molecular flexibility index (Phi) is 3.71. The van der Waals surface area contributed by atoms with E-state index in [-0.39, 0.29) is 11.6 Å². The van der Waals surface area contributed by atoms with Crippen LogP contribution >= 0.6 is 11.6 Å². The number of nitrogens with zero attached hydrogens (tertiary/aromatic N) is 3. The van der Waals surface area contributed by atoms with E-state index in [9.17, 15) is 4.79 Å². The molecule has 0 spiro atoms. The topological polar surface area (TPSA) is 73.0 Å². The van der Waals surface area contributed by atoms with Crippen molar-refractivity contribution < 1.29 is 4.42 Å². The van der Waals surface area contributed by atoms with Gasteiger partial charge in [-0.15, -0.1) is 0 Å². The predicted molar refractivity (Wildman–Crippen MR) is 79.5 cm³/mol. The van der Waals surface area contributed by atoms with E-state index in [2.05, 4.69) is 15.4 Å². The standard InChI is InChI=1S/C14H17ClN4O2/c1-8-5-16-13(21-8)9(2)18-12-11(15)6-17-19(14(12)20)7-10-3-4-10/h5-6,9-10,18H,3-4,7H2,1-2H3. The van der Waals surface area contributed by atoms with Crippen LogP contribution in [0.4, 0.5) is 5.69 Å². The number of aromatic nitrogens is 3. The molecular formula is C14H17ClN4O2. The molecule has 1 unspecified atom stereocenters. The van der Waals surface area contributed by atoms with Gasteiger partial charge in [0.2, 0.25) is 5.89 Å². The molecule has 0 radical (unpaired) electrons. The lowest BCUT2D eigenvalue weighted by Crippen LogP contribution is -2.27. The van der Waals surface area contributed by atoms with Crippen molar-refractivity contribution in [3.63, 3.8) is 0 Å². The van der Waals surface area contributed by atoms with Crippen molar-refractivity contribution in [2.45, 2.75) is 39.3 Å². The number of halogens is 1. The lowest BCUT2D eigenvalue weighted by Gasteiger charge is -2.14. The first-order valence-corrected chi connectivity index (χ1v) is 7.37. The Bertz CT molecular complexity index is 705. The third kappa shape index (κ3) is 3.10. The number of rotatable bonds is 5. The van der Waals surface area contributed by atoms with Crippen molar-refractivity contribution in [2.75, 3.05) is 5.32 Å². The summed E-state index contributed by atoms with van der Waals surface area (Å²) in [7, 11) is 0. The highest BCUT2D eigenvalue weighted by Crippen LogP contribution is 2.30. The van der Waals surface area contributed by atoms with Gasteiger partial charge in [-0.3, -0.25) is 4.79 Å². The Hall–Kier alpha value is -1.82. The fraction of sp³-hybridized carbons (Fsp3) is 0.500. The molecule has 0 aromatic carbocycles. The molecule has 2 aromatic rings. The summed E-state index contributed by atoms with van der Waals surface area (Å²) < 4.78 is 6.93. The molecule has 7 heteroatoms. The van der Waals surface area contributed by atoms with E-state index in [0.29, 0.717) is 29.1 Å². The molecule has 2 heterocycles. The number of hydrogen-bond donors (Lipinski definition) is 1. The van der Waals surface area contributed by atoms with E-state index in [1.807, 2.05) is 13.8 Å². The lowest BCUT2D eigenvalue weighted by molar-refractivity contribution is 0.453. The molecule has 0 amide bonds. The van der Waals surface area contributed by atoms with Crippen LogP contribution in [0.1, 0.15) is 37.5 Å². The van der Waals surface area contributed by atoms with E-state index >= 15 is 0 Å². The van der Waals surface area contributed by atoms with E-state index in [1.165, 1.54) is 10.9 Å². The third-order valence-corrected chi connectivity index (χ3v) is 3.78. The van der Waals surface area contributed by atoms with Gasteiger partial charge in [-0.2, -0.15) is 5.10 Å². The Morgan fingerprint density at radius 3 is 2.90 bits per heavy atom. The molecule has 2 aromatic heterocycles. The Morgan fingerprint density at radius 1 is 1.52 bits per heavy atom. The highest BCUT2D eigenvalue weighted by atomic mass is 35.5. The molecule has 1 aliphatic carbocycles. The van der Waals surface area contributed by atoms with E-state index in [1.54, 1.807) is 6.20 Å². The fourth-order valence-corrected chi connectivity index (χ4v) is 2.30. The van der Waals surface area contributed by atoms with Crippen molar-refractivity contribution in [1.29, 1.82) is 0 Å². The maximum absolute atomic E-state index is 12.4. The van der Waals surface area contributed by atoms with Gasteiger partial charge < -0.3 is 9.73 Å². The van der Waals surface area contributed by atoms with Gasteiger partial charge in [-0.1, -0.05) is 11.6 Å². The molecular weight excluding hydrogens is 292 g/mol. The zero-order valence-electron chi connectivity index (χ0n) is 12.0. The number of hydrogen-bond acceptors (Lipinski definition) is 5. The average molecular weight is 309 g/mol. The number of anilines is 1. The molecule has 1 saturated carbocycles. The van der Waals surface area contributed by atoms with Crippen molar-refractivity contribution in [2.24, 2.45) is 5.92 Å². The predicted octanol–water partition coefficient (Wildman–Crippen LogP) is 2.78. The molecule has 0 aliphatic heterocycles. The van der Waals surface area contributed by atoms with Gasteiger partial charge in [-0.25, -0.2) is 9.67 Å². The molecule has 1 N–H and O–H groups in total. The molecule has 6 nitrogen and oxygen atoms in total. The first kappa shape index (κ1) is 14.1. The van der Waals surface area contributed by atoms with Crippen LogP contribution in [0.5, 0.6) is 0 Å². The highest BCUT2D eigenvalue weighted by Gasteiger charge is 2.24. The SMILES string of the molecule is Cc1cnc(C(C)Nc2c(Cl)cnn(CC3CC3)c2=O)o1. The Labute approximate surface area is 127 Å². The monoisotopic (exact) mass is 308 g/mol. The second-order valence-electron chi connectivity index (χ2n) is 5.47. The highest BCUT2D eigenvalue weighted by molar-refractivity contribution is 6.33. The molecule has 1 aliphatic rings. The zero-order chi connectivity index (χ0) is 15.0. The summed E-state index contributed by atoms with van der Waals surface area (Å²) in [5.74, 6) is 1.81.